The summed E-state index contributed by atoms with van der Waals surface area (Å²) in [6, 6.07) is 6.99. The minimum Gasteiger partial charge on any atom is -0.508 e. The van der Waals surface area contributed by atoms with Crippen molar-refractivity contribution in [3.8, 4) is 5.75 Å². The number of piperidine rings is 1. The van der Waals surface area contributed by atoms with Gasteiger partial charge >= 0.3 is 6.09 Å². The molecule has 5 heteroatoms. The van der Waals surface area contributed by atoms with Gasteiger partial charge in [0.05, 0.1) is 6.54 Å². The van der Waals surface area contributed by atoms with Crippen molar-refractivity contribution in [3.05, 3.63) is 29.8 Å². The van der Waals surface area contributed by atoms with Gasteiger partial charge in [-0.2, -0.15) is 0 Å². The van der Waals surface area contributed by atoms with E-state index in [0.717, 1.165) is 31.5 Å². The zero-order valence-electron chi connectivity index (χ0n) is 10.8. The Morgan fingerprint density at radius 2 is 2.16 bits per heavy atom. The number of ether oxygens (including phenoxy) is 1. The molecule has 2 fully saturated rings. The molecule has 2 aliphatic heterocycles. The van der Waals surface area contributed by atoms with Gasteiger partial charge in [0.1, 0.15) is 11.4 Å². The van der Waals surface area contributed by atoms with Crippen LogP contribution in [0.2, 0.25) is 0 Å². The van der Waals surface area contributed by atoms with Crippen molar-refractivity contribution in [3.63, 3.8) is 0 Å². The molecule has 5 nitrogen and oxygen atoms in total. The number of aromatic hydroxyl groups is 1. The van der Waals surface area contributed by atoms with Crippen LogP contribution >= 0.6 is 0 Å². The first-order valence-electron chi connectivity index (χ1n) is 6.63. The molecule has 1 spiro atoms. The highest BCUT2D eigenvalue weighted by molar-refractivity contribution is 5.70. The van der Waals surface area contributed by atoms with Crippen LogP contribution in [-0.2, 0) is 11.3 Å². The Balaban J connectivity index is 1.70. The number of carbonyl (C=O) groups is 1. The molecule has 0 unspecified atom stereocenters. The average molecular weight is 262 g/mol. The van der Waals surface area contributed by atoms with Crippen LogP contribution in [0.15, 0.2) is 24.3 Å². The van der Waals surface area contributed by atoms with Crippen molar-refractivity contribution in [2.24, 2.45) is 0 Å². The highest BCUT2D eigenvalue weighted by Crippen LogP contribution is 2.32. The summed E-state index contributed by atoms with van der Waals surface area (Å²) in [4.78, 5) is 13.7. The van der Waals surface area contributed by atoms with Gasteiger partial charge in [0, 0.05) is 19.4 Å². The maximum atomic E-state index is 12.0. The molecule has 0 aliphatic carbocycles. The molecule has 2 saturated heterocycles. The SMILES string of the molecule is O=C1OC2(CCNCC2)CN1Cc1cccc(O)c1. The molecular weight excluding hydrogens is 244 g/mol. The Morgan fingerprint density at radius 3 is 2.89 bits per heavy atom. The van der Waals surface area contributed by atoms with Gasteiger partial charge < -0.3 is 15.2 Å². The molecule has 3 rings (SSSR count). The largest absolute Gasteiger partial charge is 0.508 e. The number of carbonyl (C=O) groups excluding carboxylic acids is 1. The van der Waals surface area contributed by atoms with E-state index in [4.69, 9.17) is 4.74 Å². The van der Waals surface area contributed by atoms with Crippen molar-refractivity contribution in [2.75, 3.05) is 19.6 Å². The average Bonchev–Trinajstić information content (AvgIpc) is 2.66. The van der Waals surface area contributed by atoms with Crippen LogP contribution in [0.1, 0.15) is 18.4 Å². The van der Waals surface area contributed by atoms with Crippen LogP contribution in [0.5, 0.6) is 5.75 Å². The number of amides is 1. The Morgan fingerprint density at radius 1 is 1.37 bits per heavy atom. The zero-order valence-corrected chi connectivity index (χ0v) is 10.8. The highest BCUT2D eigenvalue weighted by Gasteiger charge is 2.45. The maximum absolute atomic E-state index is 12.0. The molecule has 0 bridgehead atoms. The molecule has 2 aliphatic rings. The second-order valence-corrected chi connectivity index (χ2v) is 5.33. The number of nitrogens with zero attached hydrogens (tertiary/aromatic N) is 1. The summed E-state index contributed by atoms with van der Waals surface area (Å²) in [7, 11) is 0. The number of hydrogen-bond donors (Lipinski definition) is 2. The molecule has 19 heavy (non-hydrogen) atoms. The molecule has 0 saturated carbocycles. The van der Waals surface area contributed by atoms with E-state index < -0.39 is 0 Å². The van der Waals surface area contributed by atoms with Crippen LogP contribution in [-0.4, -0.2) is 41.3 Å². The molecule has 0 aromatic heterocycles. The van der Waals surface area contributed by atoms with Gasteiger partial charge in [-0.3, -0.25) is 4.90 Å². The van der Waals surface area contributed by atoms with Gasteiger partial charge in [0.15, 0.2) is 0 Å². The normalized spacial score (nSPS) is 21.7. The minimum atomic E-state index is -0.306. The van der Waals surface area contributed by atoms with Gasteiger partial charge in [-0.15, -0.1) is 0 Å². The minimum absolute atomic E-state index is 0.224. The van der Waals surface area contributed by atoms with Crippen molar-refractivity contribution in [1.29, 1.82) is 0 Å². The van der Waals surface area contributed by atoms with Crippen molar-refractivity contribution in [1.82, 2.24) is 10.2 Å². The number of phenolic OH excluding ortho intramolecular Hbond substituents is 1. The lowest BCUT2D eigenvalue weighted by Gasteiger charge is -2.31. The van der Waals surface area contributed by atoms with Crippen molar-refractivity contribution >= 4 is 6.09 Å². The Labute approximate surface area is 112 Å². The second-order valence-electron chi connectivity index (χ2n) is 5.33. The summed E-state index contributed by atoms with van der Waals surface area (Å²) in [5, 5.41) is 12.7. The third kappa shape index (κ3) is 2.51. The predicted molar refractivity (Wildman–Crippen MR) is 69.8 cm³/mol. The maximum Gasteiger partial charge on any atom is 0.410 e. The molecule has 2 heterocycles. The van der Waals surface area contributed by atoms with Gasteiger partial charge in [-0.05, 0) is 30.8 Å². The highest BCUT2D eigenvalue weighted by atomic mass is 16.6. The first kappa shape index (κ1) is 12.3. The summed E-state index contributed by atoms with van der Waals surface area (Å²) in [5.41, 5.74) is 0.613. The van der Waals surface area contributed by atoms with Gasteiger partial charge in [-0.25, -0.2) is 4.79 Å². The van der Waals surface area contributed by atoms with Crippen LogP contribution in [0.3, 0.4) is 0 Å². The van der Waals surface area contributed by atoms with Crippen molar-refractivity contribution < 1.29 is 14.6 Å². The summed E-state index contributed by atoms with van der Waals surface area (Å²) in [6.45, 7) is 2.92. The van der Waals surface area contributed by atoms with Crippen LogP contribution in [0, 0.1) is 0 Å². The summed E-state index contributed by atoms with van der Waals surface area (Å²) < 4.78 is 5.59. The molecule has 0 atom stereocenters. The Hall–Kier alpha value is -1.75. The number of phenols is 1. The van der Waals surface area contributed by atoms with Gasteiger partial charge in [0.25, 0.3) is 0 Å². The van der Waals surface area contributed by atoms with Gasteiger partial charge in [-0.1, -0.05) is 12.1 Å². The first-order chi connectivity index (χ1) is 9.17. The predicted octanol–water partition coefficient (Wildman–Crippen LogP) is 1.47. The van der Waals surface area contributed by atoms with E-state index >= 15 is 0 Å². The van der Waals surface area contributed by atoms with Crippen LogP contribution in [0.25, 0.3) is 0 Å². The molecule has 1 amide bonds. The van der Waals surface area contributed by atoms with Gasteiger partial charge in [0.2, 0.25) is 0 Å². The standard InChI is InChI=1S/C14H18N2O3/c17-12-3-1-2-11(8-12)9-16-10-14(19-13(16)18)4-6-15-7-5-14/h1-3,8,15,17H,4-7,9-10H2. The van der Waals surface area contributed by atoms with Crippen LogP contribution in [0.4, 0.5) is 4.79 Å². The number of benzene rings is 1. The molecule has 1 aromatic carbocycles. The summed E-state index contributed by atoms with van der Waals surface area (Å²) in [6.07, 6.45) is 1.50. The monoisotopic (exact) mass is 262 g/mol. The lowest BCUT2D eigenvalue weighted by molar-refractivity contribution is 0.0316. The molecular formula is C14H18N2O3. The lowest BCUT2D eigenvalue weighted by atomic mass is 9.92. The first-order valence-corrected chi connectivity index (χ1v) is 6.63. The van der Waals surface area contributed by atoms with E-state index in [1.807, 2.05) is 6.07 Å². The summed E-state index contributed by atoms with van der Waals surface area (Å²) in [5.74, 6) is 0.224. The fraction of sp³-hybridized carbons (Fsp3) is 0.500. The Bertz CT molecular complexity index is 483. The van der Waals surface area contributed by atoms with Crippen LogP contribution < -0.4 is 5.32 Å². The topological polar surface area (TPSA) is 61.8 Å². The number of hydrogen-bond acceptors (Lipinski definition) is 4. The zero-order chi connectivity index (χ0) is 13.3. The van der Waals surface area contributed by atoms with E-state index in [9.17, 15) is 9.90 Å². The third-order valence-electron chi connectivity index (χ3n) is 3.84. The van der Waals surface area contributed by atoms with E-state index in [-0.39, 0.29) is 17.4 Å². The number of nitrogens with one attached hydrogen (secondary N) is 1. The number of rotatable bonds is 2. The molecule has 0 radical (unpaired) electrons. The smallest absolute Gasteiger partial charge is 0.410 e. The fourth-order valence-electron chi connectivity index (χ4n) is 2.83. The van der Waals surface area contributed by atoms with Crippen molar-refractivity contribution in [2.45, 2.75) is 25.0 Å². The quantitative estimate of drug-likeness (QED) is 0.847. The summed E-state index contributed by atoms with van der Waals surface area (Å²) >= 11 is 0. The molecule has 2 N–H and O–H groups in total. The molecule has 1 aromatic rings. The lowest BCUT2D eigenvalue weighted by Crippen LogP contribution is -2.44. The second kappa shape index (κ2) is 4.74. The third-order valence-corrected chi connectivity index (χ3v) is 3.84. The Kier molecular flexibility index (Phi) is 3.06. The van der Waals surface area contributed by atoms with E-state index in [2.05, 4.69) is 5.32 Å². The van der Waals surface area contributed by atoms with E-state index in [1.54, 1.807) is 23.1 Å². The molecule has 102 valence electrons. The fourth-order valence-corrected chi connectivity index (χ4v) is 2.83. The van der Waals surface area contributed by atoms with E-state index in [0.29, 0.717) is 13.1 Å². The van der Waals surface area contributed by atoms with E-state index in [1.165, 1.54) is 0 Å².